The maximum absolute atomic E-state index is 13.1. The van der Waals surface area contributed by atoms with E-state index in [1.54, 1.807) is 23.1 Å². The lowest BCUT2D eigenvalue weighted by Gasteiger charge is -2.33. The minimum absolute atomic E-state index is 0.0323. The number of nitrogens with zero attached hydrogens (tertiary/aromatic N) is 2. The first kappa shape index (κ1) is 21.9. The SMILES string of the molecule is CCN(CC(=O)Nc1ccc2c(c1)OCCO2)C(=O)C1CCCN1C(=O)C(C)(C)C. The van der Waals surface area contributed by atoms with Crippen LogP contribution < -0.4 is 14.8 Å². The molecule has 2 aliphatic heterocycles. The highest BCUT2D eigenvalue weighted by Gasteiger charge is 2.40. The molecule has 1 fully saturated rings. The minimum atomic E-state index is -0.546. The molecule has 1 aromatic carbocycles. The van der Waals surface area contributed by atoms with Crippen molar-refractivity contribution >= 4 is 23.4 Å². The van der Waals surface area contributed by atoms with Crippen LogP contribution in [0, 0.1) is 5.41 Å². The van der Waals surface area contributed by atoms with E-state index in [2.05, 4.69) is 5.32 Å². The number of anilines is 1. The number of likely N-dealkylation sites (tertiary alicyclic amines) is 1. The monoisotopic (exact) mass is 417 g/mol. The number of hydrogen-bond donors (Lipinski definition) is 1. The Bertz CT molecular complexity index is 817. The van der Waals surface area contributed by atoms with Gasteiger partial charge in [0.05, 0.1) is 6.54 Å². The molecule has 30 heavy (non-hydrogen) atoms. The van der Waals surface area contributed by atoms with Crippen LogP contribution in [0.2, 0.25) is 0 Å². The zero-order valence-electron chi connectivity index (χ0n) is 18.2. The topological polar surface area (TPSA) is 88.2 Å². The lowest BCUT2D eigenvalue weighted by Crippen LogP contribution is -2.51. The summed E-state index contributed by atoms with van der Waals surface area (Å²) < 4.78 is 11.0. The molecule has 2 aliphatic rings. The minimum Gasteiger partial charge on any atom is -0.486 e. The van der Waals surface area contributed by atoms with Crippen molar-refractivity contribution in [2.24, 2.45) is 5.41 Å². The summed E-state index contributed by atoms with van der Waals surface area (Å²) in [5.41, 5.74) is 0.0355. The van der Waals surface area contributed by atoms with Crippen molar-refractivity contribution in [1.29, 1.82) is 0 Å². The number of rotatable bonds is 5. The Morgan fingerprint density at radius 1 is 1.17 bits per heavy atom. The number of fused-ring (bicyclic) bond motifs is 1. The standard InChI is InChI=1S/C22H31N3O5/c1-5-24(20(27)16-7-6-10-25(16)21(28)22(2,3)4)14-19(26)23-15-8-9-17-18(13-15)30-12-11-29-17/h8-9,13,16H,5-7,10-12,14H2,1-4H3,(H,23,26). The number of ether oxygens (including phenoxy) is 2. The summed E-state index contributed by atoms with van der Waals surface area (Å²) in [6.45, 7) is 9.26. The van der Waals surface area contributed by atoms with Gasteiger partial charge >= 0.3 is 0 Å². The van der Waals surface area contributed by atoms with Crippen molar-refractivity contribution < 1.29 is 23.9 Å². The van der Waals surface area contributed by atoms with E-state index in [-0.39, 0.29) is 24.3 Å². The molecule has 0 aromatic heterocycles. The summed E-state index contributed by atoms with van der Waals surface area (Å²) >= 11 is 0. The molecule has 1 saturated heterocycles. The molecular formula is C22H31N3O5. The van der Waals surface area contributed by atoms with Gasteiger partial charge in [0.25, 0.3) is 0 Å². The molecule has 1 aromatic rings. The number of amides is 3. The second-order valence-corrected chi connectivity index (χ2v) is 8.67. The van der Waals surface area contributed by atoms with Gasteiger partial charge in [-0.25, -0.2) is 0 Å². The normalized spacial score (nSPS) is 18.1. The van der Waals surface area contributed by atoms with E-state index < -0.39 is 11.5 Å². The molecule has 3 rings (SSSR count). The highest BCUT2D eigenvalue weighted by atomic mass is 16.6. The first-order chi connectivity index (χ1) is 14.2. The Kier molecular flexibility index (Phi) is 6.53. The van der Waals surface area contributed by atoms with E-state index in [0.717, 1.165) is 6.42 Å². The molecule has 3 amide bonds. The van der Waals surface area contributed by atoms with Gasteiger partial charge in [-0.05, 0) is 31.9 Å². The Labute approximate surface area is 177 Å². The Morgan fingerprint density at radius 3 is 2.53 bits per heavy atom. The van der Waals surface area contributed by atoms with Crippen molar-refractivity contribution in [1.82, 2.24) is 9.80 Å². The number of likely N-dealkylation sites (N-methyl/N-ethyl adjacent to an activating group) is 1. The molecular weight excluding hydrogens is 386 g/mol. The van der Waals surface area contributed by atoms with E-state index >= 15 is 0 Å². The quantitative estimate of drug-likeness (QED) is 0.794. The van der Waals surface area contributed by atoms with Crippen LogP contribution >= 0.6 is 0 Å². The fourth-order valence-electron chi connectivity index (χ4n) is 3.75. The third-order valence-corrected chi connectivity index (χ3v) is 5.29. The number of hydrogen-bond acceptors (Lipinski definition) is 5. The maximum Gasteiger partial charge on any atom is 0.245 e. The average Bonchev–Trinajstić information content (AvgIpc) is 3.19. The summed E-state index contributed by atoms with van der Waals surface area (Å²) in [6.07, 6.45) is 1.42. The smallest absolute Gasteiger partial charge is 0.245 e. The summed E-state index contributed by atoms with van der Waals surface area (Å²) in [7, 11) is 0. The summed E-state index contributed by atoms with van der Waals surface area (Å²) in [5.74, 6) is 0.729. The second kappa shape index (κ2) is 8.93. The van der Waals surface area contributed by atoms with Crippen LogP contribution in [-0.4, -0.2) is 66.4 Å². The van der Waals surface area contributed by atoms with E-state index in [0.29, 0.717) is 49.9 Å². The third kappa shape index (κ3) is 4.86. The van der Waals surface area contributed by atoms with Crippen molar-refractivity contribution in [2.45, 2.75) is 46.6 Å². The van der Waals surface area contributed by atoms with Crippen molar-refractivity contribution in [3.8, 4) is 11.5 Å². The largest absolute Gasteiger partial charge is 0.486 e. The highest BCUT2D eigenvalue weighted by molar-refractivity contribution is 5.96. The van der Waals surface area contributed by atoms with Gasteiger partial charge in [-0.1, -0.05) is 20.8 Å². The van der Waals surface area contributed by atoms with Gasteiger partial charge in [0, 0.05) is 30.3 Å². The predicted octanol–water partition coefficient (Wildman–Crippen LogP) is 2.28. The number of carbonyl (C=O) groups excluding carboxylic acids is 3. The predicted molar refractivity (Wildman–Crippen MR) is 113 cm³/mol. The lowest BCUT2D eigenvalue weighted by atomic mass is 9.94. The van der Waals surface area contributed by atoms with Crippen LogP contribution in [0.5, 0.6) is 11.5 Å². The number of carbonyl (C=O) groups is 3. The van der Waals surface area contributed by atoms with E-state index in [4.69, 9.17) is 9.47 Å². The first-order valence-electron chi connectivity index (χ1n) is 10.5. The molecule has 0 saturated carbocycles. The molecule has 164 valence electrons. The zero-order valence-corrected chi connectivity index (χ0v) is 18.2. The molecule has 8 nitrogen and oxygen atoms in total. The summed E-state index contributed by atoms with van der Waals surface area (Å²) in [4.78, 5) is 41.6. The third-order valence-electron chi connectivity index (χ3n) is 5.29. The van der Waals surface area contributed by atoms with Crippen LogP contribution in [0.25, 0.3) is 0 Å². The second-order valence-electron chi connectivity index (χ2n) is 8.67. The van der Waals surface area contributed by atoms with E-state index in [1.165, 1.54) is 4.90 Å². The van der Waals surface area contributed by atoms with Gasteiger partial charge in [-0.15, -0.1) is 0 Å². The van der Waals surface area contributed by atoms with E-state index in [1.807, 2.05) is 27.7 Å². The molecule has 8 heteroatoms. The van der Waals surface area contributed by atoms with Crippen LogP contribution in [0.3, 0.4) is 0 Å². The fourth-order valence-corrected chi connectivity index (χ4v) is 3.75. The molecule has 0 aliphatic carbocycles. The summed E-state index contributed by atoms with van der Waals surface area (Å²) in [5, 5.41) is 2.81. The van der Waals surface area contributed by atoms with Crippen molar-refractivity contribution in [2.75, 3.05) is 38.2 Å². The molecule has 0 spiro atoms. The van der Waals surface area contributed by atoms with Crippen LogP contribution in [-0.2, 0) is 14.4 Å². The van der Waals surface area contributed by atoms with Crippen molar-refractivity contribution in [3.05, 3.63) is 18.2 Å². The fraction of sp³-hybridized carbons (Fsp3) is 0.591. The van der Waals surface area contributed by atoms with E-state index in [9.17, 15) is 14.4 Å². The number of nitrogens with one attached hydrogen (secondary N) is 1. The van der Waals surface area contributed by atoms with Gasteiger partial charge in [-0.2, -0.15) is 0 Å². The summed E-state index contributed by atoms with van der Waals surface area (Å²) in [6, 6.07) is 4.70. The van der Waals surface area contributed by atoms with Crippen LogP contribution in [0.15, 0.2) is 18.2 Å². The average molecular weight is 418 g/mol. The van der Waals surface area contributed by atoms with Gasteiger partial charge in [0.1, 0.15) is 19.3 Å². The molecule has 1 N–H and O–H groups in total. The number of benzene rings is 1. The highest BCUT2D eigenvalue weighted by Crippen LogP contribution is 2.32. The molecule has 1 unspecified atom stereocenters. The molecule has 1 atom stereocenters. The van der Waals surface area contributed by atoms with Gasteiger partial charge in [0.15, 0.2) is 11.5 Å². The Balaban J connectivity index is 1.63. The first-order valence-corrected chi connectivity index (χ1v) is 10.5. The molecule has 0 bridgehead atoms. The zero-order chi connectivity index (χ0) is 21.9. The molecule has 2 heterocycles. The van der Waals surface area contributed by atoms with Crippen LogP contribution in [0.1, 0.15) is 40.5 Å². The lowest BCUT2D eigenvalue weighted by molar-refractivity contribution is -0.148. The Hall–Kier alpha value is -2.77. The van der Waals surface area contributed by atoms with Crippen LogP contribution in [0.4, 0.5) is 5.69 Å². The Morgan fingerprint density at radius 2 is 1.87 bits per heavy atom. The van der Waals surface area contributed by atoms with Gasteiger partial charge in [0.2, 0.25) is 17.7 Å². The van der Waals surface area contributed by atoms with Gasteiger partial charge < -0.3 is 24.6 Å². The van der Waals surface area contributed by atoms with Crippen molar-refractivity contribution in [3.63, 3.8) is 0 Å². The van der Waals surface area contributed by atoms with Gasteiger partial charge in [-0.3, -0.25) is 14.4 Å². The molecule has 0 radical (unpaired) electrons. The maximum atomic E-state index is 13.1.